The molecule has 0 saturated carbocycles. The van der Waals surface area contributed by atoms with Crippen molar-refractivity contribution in [2.75, 3.05) is 33.3 Å². The summed E-state index contributed by atoms with van der Waals surface area (Å²) in [6, 6.07) is -0.133. The second kappa shape index (κ2) is 7.33. The number of urea groups is 1. The van der Waals surface area contributed by atoms with Crippen LogP contribution >= 0.6 is 0 Å². The molecule has 1 heterocycles. The minimum Gasteiger partial charge on any atom is -0.481 e. The Kier molecular flexibility index (Phi) is 6.08. The smallest absolute Gasteiger partial charge is 0.319 e. The summed E-state index contributed by atoms with van der Waals surface area (Å²) in [5.41, 5.74) is 0. The number of carboxylic acid groups (broad SMARTS) is 1. The highest BCUT2D eigenvalue weighted by Gasteiger charge is 2.25. The van der Waals surface area contributed by atoms with E-state index >= 15 is 0 Å². The number of ether oxygens (including phenoxy) is 1. The quantitative estimate of drug-likeness (QED) is 0.790. The molecule has 6 heteroatoms. The van der Waals surface area contributed by atoms with Crippen LogP contribution in [-0.2, 0) is 9.53 Å². The normalized spacial score (nSPS) is 20.1. The number of nitrogens with zero attached hydrogens (tertiary/aromatic N) is 2. The van der Waals surface area contributed by atoms with Gasteiger partial charge in [0.15, 0.2) is 0 Å². The minimum absolute atomic E-state index is 0.115. The Hall–Kier alpha value is -1.30. The van der Waals surface area contributed by atoms with Crippen LogP contribution in [0.1, 0.15) is 26.7 Å². The fraction of sp³-hybridized carbons (Fsp3) is 0.846. The molecule has 0 radical (unpaired) electrons. The molecule has 0 bridgehead atoms. The standard InChI is InChI=1S/C13H24N2O4/c1-4-15(8-10(2)12(16)17)13(18)14(3)9-11-6-5-7-19-11/h10-11H,4-9H2,1-3H3,(H,16,17). The van der Waals surface area contributed by atoms with Crippen molar-refractivity contribution in [3.05, 3.63) is 0 Å². The first-order chi connectivity index (χ1) is 8.95. The van der Waals surface area contributed by atoms with Crippen LogP contribution in [-0.4, -0.2) is 66.3 Å². The average Bonchev–Trinajstić information content (AvgIpc) is 2.87. The lowest BCUT2D eigenvalue weighted by molar-refractivity contribution is -0.141. The maximum atomic E-state index is 12.2. The molecule has 1 saturated heterocycles. The maximum Gasteiger partial charge on any atom is 0.319 e. The van der Waals surface area contributed by atoms with Gasteiger partial charge in [-0.3, -0.25) is 4.79 Å². The highest BCUT2D eigenvalue weighted by atomic mass is 16.5. The lowest BCUT2D eigenvalue weighted by atomic mass is 10.2. The molecule has 6 nitrogen and oxygen atoms in total. The predicted octanol–water partition coefficient (Wildman–Crippen LogP) is 1.26. The Morgan fingerprint density at radius 3 is 2.63 bits per heavy atom. The van der Waals surface area contributed by atoms with Gasteiger partial charge in [-0.15, -0.1) is 0 Å². The first-order valence-corrected chi connectivity index (χ1v) is 6.80. The van der Waals surface area contributed by atoms with Crippen molar-refractivity contribution in [2.45, 2.75) is 32.8 Å². The first kappa shape index (κ1) is 15.8. The highest BCUT2D eigenvalue weighted by Crippen LogP contribution is 2.13. The number of amides is 2. The minimum atomic E-state index is -0.881. The molecule has 1 aliphatic heterocycles. The monoisotopic (exact) mass is 272 g/mol. The van der Waals surface area contributed by atoms with Crippen molar-refractivity contribution in [3.63, 3.8) is 0 Å². The van der Waals surface area contributed by atoms with Gasteiger partial charge in [-0.2, -0.15) is 0 Å². The van der Waals surface area contributed by atoms with Gasteiger partial charge < -0.3 is 19.6 Å². The summed E-state index contributed by atoms with van der Waals surface area (Å²) in [4.78, 5) is 26.3. The van der Waals surface area contributed by atoms with Gasteiger partial charge in [-0.05, 0) is 19.8 Å². The summed E-state index contributed by atoms with van der Waals surface area (Å²) in [6.45, 7) is 5.54. The van der Waals surface area contributed by atoms with Gasteiger partial charge in [0.05, 0.1) is 12.0 Å². The molecule has 110 valence electrons. The Morgan fingerprint density at radius 1 is 1.47 bits per heavy atom. The van der Waals surface area contributed by atoms with Crippen LogP contribution in [0.3, 0.4) is 0 Å². The summed E-state index contributed by atoms with van der Waals surface area (Å²) in [5, 5.41) is 8.91. The van der Waals surface area contributed by atoms with E-state index in [0.717, 1.165) is 19.4 Å². The Labute approximate surface area is 114 Å². The summed E-state index contributed by atoms with van der Waals surface area (Å²) >= 11 is 0. The van der Waals surface area contributed by atoms with Crippen LogP contribution in [0, 0.1) is 5.92 Å². The van der Waals surface area contributed by atoms with Crippen molar-refractivity contribution in [2.24, 2.45) is 5.92 Å². The van der Waals surface area contributed by atoms with Crippen LogP contribution in [0.4, 0.5) is 4.79 Å². The zero-order chi connectivity index (χ0) is 14.4. The average molecular weight is 272 g/mol. The summed E-state index contributed by atoms with van der Waals surface area (Å²) < 4.78 is 5.50. The molecule has 1 rings (SSSR count). The van der Waals surface area contributed by atoms with E-state index in [1.165, 1.54) is 0 Å². The second-order valence-electron chi connectivity index (χ2n) is 5.08. The second-order valence-corrected chi connectivity index (χ2v) is 5.08. The lowest BCUT2D eigenvalue weighted by Crippen LogP contribution is -2.46. The molecule has 0 spiro atoms. The van der Waals surface area contributed by atoms with E-state index in [-0.39, 0.29) is 18.7 Å². The molecule has 1 aliphatic rings. The molecule has 0 aliphatic carbocycles. The fourth-order valence-corrected chi connectivity index (χ4v) is 2.16. The molecule has 2 unspecified atom stereocenters. The third-order valence-electron chi connectivity index (χ3n) is 3.40. The number of carbonyl (C=O) groups is 2. The van der Waals surface area contributed by atoms with E-state index < -0.39 is 11.9 Å². The Morgan fingerprint density at radius 2 is 2.16 bits per heavy atom. The number of aliphatic carboxylic acids is 1. The molecule has 2 atom stereocenters. The van der Waals surface area contributed by atoms with Gasteiger partial charge in [0.2, 0.25) is 0 Å². The SMILES string of the molecule is CCN(CC(C)C(=O)O)C(=O)N(C)CC1CCCO1. The van der Waals surface area contributed by atoms with Crippen molar-refractivity contribution in [1.29, 1.82) is 0 Å². The molecular weight excluding hydrogens is 248 g/mol. The van der Waals surface area contributed by atoms with Crippen molar-refractivity contribution < 1.29 is 19.4 Å². The zero-order valence-electron chi connectivity index (χ0n) is 12.0. The summed E-state index contributed by atoms with van der Waals surface area (Å²) in [6.07, 6.45) is 2.14. The maximum absolute atomic E-state index is 12.2. The van der Waals surface area contributed by atoms with Crippen molar-refractivity contribution in [3.8, 4) is 0 Å². The van der Waals surface area contributed by atoms with Gasteiger partial charge in [0.1, 0.15) is 0 Å². The van der Waals surface area contributed by atoms with Gasteiger partial charge in [0, 0.05) is 33.3 Å². The highest BCUT2D eigenvalue weighted by molar-refractivity contribution is 5.76. The number of hydrogen-bond acceptors (Lipinski definition) is 3. The third-order valence-corrected chi connectivity index (χ3v) is 3.40. The van der Waals surface area contributed by atoms with Crippen LogP contribution in [0.5, 0.6) is 0 Å². The van der Waals surface area contributed by atoms with Crippen LogP contribution < -0.4 is 0 Å². The number of carboxylic acids is 1. The number of hydrogen-bond donors (Lipinski definition) is 1. The largest absolute Gasteiger partial charge is 0.481 e. The number of carbonyl (C=O) groups excluding carboxylic acids is 1. The predicted molar refractivity (Wildman–Crippen MR) is 71.0 cm³/mol. The van der Waals surface area contributed by atoms with E-state index in [4.69, 9.17) is 9.84 Å². The van der Waals surface area contributed by atoms with E-state index in [0.29, 0.717) is 13.1 Å². The van der Waals surface area contributed by atoms with Gasteiger partial charge >= 0.3 is 12.0 Å². The molecule has 2 amide bonds. The zero-order valence-corrected chi connectivity index (χ0v) is 12.0. The first-order valence-electron chi connectivity index (χ1n) is 6.80. The molecular formula is C13H24N2O4. The molecule has 0 aromatic carbocycles. The van der Waals surface area contributed by atoms with E-state index in [1.807, 2.05) is 6.92 Å². The molecule has 1 fully saturated rings. The topological polar surface area (TPSA) is 70.1 Å². The van der Waals surface area contributed by atoms with Gasteiger partial charge in [-0.1, -0.05) is 6.92 Å². The molecule has 1 N–H and O–H groups in total. The van der Waals surface area contributed by atoms with E-state index in [9.17, 15) is 9.59 Å². The van der Waals surface area contributed by atoms with Gasteiger partial charge in [-0.25, -0.2) is 4.79 Å². The lowest BCUT2D eigenvalue weighted by Gasteiger charge is -2.29. The van der Waals surface area contributed by atoms with E-state index in [1.54, 1.807) is 23.8 Å². The van der Waals surface area contributed by atoms with E-state index in [2.05, 4.69) is 0 Å². The third kappa shape index (κ3) is 4.70. The fourth-order valence-electron chi connectivity index (χ4n) is 2.16. The number of rotatable bonds is 6. The van der Waals surface area contributed by atoms with Crippen LogP contribution in [0.15, 0.2) is 0 Å². The summed E-state index contributed by atoms with van der Waals surface area (Å²) in [5.74, 6) is -1.44. The van der Waals surface area contributed by atoms with Crippen LogP contribution in [0.2, 0.25) is 0 Å². The van der Waals surface area contributed by atoms with Crippen LogP contribution in [0.25, 0.3) is 0 Å². The Balaban J connectivity index is 2.49. The summed E-state index contributed by atoms with van der Waals surface area (Å²) in [7, 11) is 1.73. The van der Waals surface area contributed by atoms with Crippen molar-refractivity contribution in [1.82, 2.24) is 9.80 Å². The Bertz CT molecular complexity index is 316. The van der Waals surface area contributed by atoms with Gasteiger partial charge in [0.25, 0.3) is 0 Å². The number of likely N-dealkylation sites (N-methyl/N-ethyl adjacent to an activating group) is 1. The van der Waals surface area contributed by atoms with Crippen molar-refractivity contribution >= 4 is 12.0 Å². The molecule has 19 heavy (non-hydrogen) atoms. The molecule has 0 aromatic rings. The molecule has 0 aromatic heterocycles.